The summed E-state index contributed by atoms with van der Waals surface area (Å²) in [6.45, 7) is 2.07. The number of fused-ring (bicyclic) bond motifs is 3. The summed E-state index contributed by atoms with van der Waals surface area (Å²) in [7, 11) is 0. The molecule has 0 spiro atoms. The lowest BCUT2D eigenvalue weighted by Gasteiger charge is -2.30. The van der Waals surface area contributed by atoms with E-state index in [1.807, 2.05) is 10.6 Å². The molecule has 2 heterocycles. The molecule has 0 radical (unpaired) electrons. The van der Waals surface area contributed by atoms with Gasteiger partial charge in [0.2, 0.25) is 0 Å². The van der Waals surface area contributed by atoms with Crippen molar-refractivity contribution >= 4 is 39.0 Å². The van der Waals surface area contributed by atoms with Gasteiger partial charge < -0.3 is 0 Å². The Morgan fingerprint density at radius 2 is 1.76 bits per heavy atom. The molecule has 0 unspecified atom stereocenters. The molecule has 3 aromatic carbocycles. The number of aromatic nitrogens is 1. The number of rotatable bonds is 2. The molecule has 0 saturated carbocycles. The second kappa shape index (κ2) is 8.08. The standard InChI is InChI=1S/C28H21BrN2OS/c1-17-6-8-18(9-7-17)16-24-27(32)31-26(20-10-13-21(29)14-11-20)23-15-12-19-4-2-3-5-22(19)25(23)30-28(31)33-24/h2-11,13-14,16,26H,12,15H2,1H3/b24-16-/t26-/m0/s1. The maximum atomic E-state index is 13.7. The molecular weight excluding hydrogens is 492 g/mol. The smallest absolute Gasteiger partial charge is 0.271 e. The van der Waals surface area contributed by atoms with E-state index in [-0.39, 0.29) is 11.6 Å². The van der Waals surface area contributed by atoms with Crippen LogP contribution in [0, 0.1) is 6.92 Å². The lowest BCUT2D eigenvalue weighted by molar-refractivity contribution is 0.585. The fraction of sp³-hybridized carbons (Fsp3) is 0.143. The van der Waals surface area contributed by atoms with Gasteiger partial charge in [-0.05, 0) is 60.2 Å². The van der Waals surface area contributed by atoms with E-state index in [0.29, 0.717) is 4.53 Å². The number of hydrogen-bond acceptors (Lipinski definition) is 3. The van der Waals surface area contributed by atoms with E-state index in [9.17, 15) is 4.79 Å². The first-order valence-corrected chi connectivity index (χ1v) is 12.6. The minimum atomic E-state index is -0.141. The first kappa shape index (κ1) is 20.6. The average Bonchev–Trinajstić information content (AvgIpc) is 3.14. The fourth-order valence-corrected chi connectivity index (χ4v) is 6.05. The van der Waals surface area contributed by atoms with Gasteiger partial charge in [-0.15, -0.1) is 0 Å². The topological polar surface area (TPSA) is 34.4 Å². The second-order valence-corrected chi connectivity index (χ2v) is 10.5. The number of allylic oxidation sites excluding steroid dienone is 1. The van der Waals surface area contributed by atoms with E-state index in [1.165, 1.54) is 33.6 Å². The Labute approximate surface area is 204 Å². The highest BCUT2D eigenvalue weighted by molar-refractivity contribution is 9.10. The van der Waals surface area contributed by atoms with Crippen molar-refractivity contribution in [1.82, 2.24) is 4.57 Å². The van der Waals surface area contributed by atoms with Crippen molar-refractivity contribution in [3.05, 3.63) is 130 Å². The van der Waals surface area contributed by atoms with Gasteiger partial charge in [0.25, 0.3) is 5.56 Å². The Morgan fingerprint density at radius 1 is 1.00 bits per heavy atom. The van der Waals surface area contributed by atoms with Crippen LogP contribution in [-0.4, -0.2) is 4.57 Å². The molecule has 1 atom stereocenters. The van der Waals surface area contributed by atoms with Crippen molar-refractivity contribution in [2.24, 2.45) is 4.99 Å². The van der Waals surface area contributed by atoms with Gasteiger partial charge in [0.05, 0.1) is 16.3 Å². The monoisotopic (exact) mass is 512 g/mol. The molecule has 0 fully saturated rings. The lowest BCUT2D eigenvalue weighted by Crippen LogP contribution is -2.38. The Kier molecular flexibility index (Phi) is 5.04. The first-order chi connectivity index (χ1) is 16.1. The summed E-state index contributed by atoms with van der Waals surface area (Å²) in [5, 5.41) is 0. The van der Waals surface area contributed by atoms with Crippen LogP contribution >= 0.6 is 27.3 Å². The van der Waals surface area contributed by atoms with E-state index in [4.69, 9.17) is 4.99 Å². The molecular formula is C28H21BrN2OS. The van der Waals surface area contributed by atoms with Crippen LogP contribution in [0.4, 0.5) is 0 Å². The van der Waals surface area contributed by atoms with Gasteiger partial charge in [-0.25, -0.2) is 4.99 Å². The third-order valence-electron chi connectivity index (χ3n) is 6.43. The summed E-state index contributed by atoms with van der Waals surface area (Å²) in [5.74, 6) is 0. The molecule has 6 rings (SSSR count). The van der Waals surface area contributed by atoms with Crippen LogP contribution < -0.4 is 14.9 Å². The first-order valence-electron chi connectivity index (χ1n) is 11.0. The minimum absolute atomic E-state index is 0.0256. The summed E-state index contributed by atoms with van der Waals surface area (Å²) in [6, 6.07) is 25.0. The van der Waals surface area contributed by atoms with Crippen LogP contribution in [0.1, 0.15) is 40.3 Å². The Balaban J connectivity index is 1.62. The van der Waals surface area contributed by atoms with E-state index in [2.05, 4.69) is 95.7 Å². The predicted molar refractivity (Wildman–Crippen MR) is 138 cm³/mol. The minimum Gasteiger partial charge on any atom is -0.272 e. The van der Waals surface area contributed by atoms with E-state index in [1.54, 1.807) is 0 Å². The molecule has 0 saturated heterocycles. The van der Waals surface area contributed by atoms with Gasteiger partial charge in [0.1, 0.15) is 0 Å². The molecule has 1 aromatic heterocycles. The Morgan fingerprint density at radius 3 is 2.55 bits per heavy atom. The molecule has 3 nitrogen and oxygen atoms in total. The highest BCUT2D eigenvalue weighted by Gasteiger charge is 2.32. The quantitative estimate of drug-likeness (QED) is 0.354. The molecule has 2 aliphatic rings. The van der Waals surface area contributed by atoms with E-state index in [0.717, 1.165) is 38.9 Å². The molecule has 5 heteroatoms. The zero-order valence-electron chi connectivity index (χ0n) is 18.1. The van der Waals surface area contributed by atoms with Crippen molar-refractivity contribution in [1.29, 1.82) is 0 Å². The molecule has 0 amide bonds. The van der Waals surface area contributed by atoms with E-state index >= 15 is 0 Å². The lowest BCUT2D eigenvalue weighted by atomic mass is 9.83. The van der Waals surface area contributed by atoms with Crippen molar-refractivity contribution in [3.63, 3.8) is 0 Å². The second-order valence-electron chi connectivity index (χ2n) is 8.58. The third kappa shape index (κ3) is 3.56. The van der Waals surface area contributed by atoms with E-state index < -0.39 is 0 Å². The molecule has 1 aliphatic carbocycles. The Bertz CT molecular complexity index is 1590. The van der Waals surface area contributed by atoms with Gasteiger partial charge in [0.15, 0.2) is 4.80 Å². The maximum Gasteiger partial charge on any atom is 0.271 e. The summed E-state index contributed by atoms with van der Waals surface area (Å²) in [4.78, 5) is 19.5. The summed E-state index contributed by atoms with van der Waals surface area (Å²) < 4.78 is 3.65. The highest BCUT2D eigenvalue weighted by atomic mass is 79.9. The summed E-state index contributed by atoms with van der Waals surface area (Å²) in [6.07, 6.45) is 3.85. The number of thiazole rings is 1. The van der Waals surface area contributed by atoms with Crippen LogP contribution in [0.25, 0.3) is 11.8 Å². The zero-order chi connectivity index (χ0) is 22.5. The van der Waals surface area contributed by atoms with Crippen LogP contribution in [-0.2, 0) is 6.42 Å². The van der Waals surface area contributed by atoms with Crippen molar-refractivity contribution in [3.8, 4) is 0 Å². The fourth-order valence-electron chi connectivity index (χ4n) is 4.78. The van der Waals surface area contributed by atoms with Crippen molar-refractivity contribution < 1.29 is 0 Å². The highest BCUT2D eigenvalue weighted by Crippen LogP contribution is 2.41. The molecule has 1 aliphatic heterocycles. The van der Waals surface area contributed by atoms with Crippen molar-refractivity contribution in [2.45, 2.75) is 25.8 Å². The third-order valence-corrected chi connectivity index (χ3v) is 7.95. The number of halogens is 1. The van der Waals surface area contributed by atoms with Gasteiger partial charge in [-0.3, -0.25) is 9.36 Å². The largest absolute Gasteiger partial charge is 0.272 e. The molecule has 33 heavy (non-hydrogen) atoms. The van der Waals surface area contributed by atoms with Crippen LogP contribution in [0.5, 0.6) is 0 Å². The SMILES string of the molecule is Cc1ccc(/C=c2\sc3n(c2=O)[C@@H](c2ccc(Br)cc2)C2=C(N=3)c3ccccc3CC2)cc1. The zero-order valence-corrected chi connectivity index (χ0v) is 20.5. The van der Waals surface area contributed by atoms with Gasteiger partial charge in [-0.1, -0.05) is 93.5 Å². The van der Waals surface area contributed by atoms with Crippen LogP contribution in [0.15, 0.2) is 92.6 Å². The van der Waals surface area contributed by atoms with Gasteiger partial charge in [-0.2, -0.15) is 0 Å². The summed E-state index contributed by atoms with van der Waals surface area (Å²) in [5.41, 5.74) is 8.15. The van der Waals surface area contributed by atoms with Gasteiger partial charge >= 0.3 is 0 Å². The number of hydrogen-bond donors (Lipinski definition) is 0. The molecule has 4 aromatic rings. The molecule has 162 valence electrons. The van der Waals surface area contributed by atoms with Crippen LogP contribution in [0.3, 0.4) is 0 Å². The van der Waals surface area contributed by atoms with Crippen molar-refractivity contribution in [2.75, 3.05) is 0 Å². The maximum absolute atomic E-state index is 13.7. The predicted octanol–water partition coefficient (Wildman–Crippen LogP) is 5.39. The Hall–Kier alpha value is -3.02. The normalized spacial score (nSPS) is 17.3. The number of aryl methyl sites for hydroxylation is 2. The number of nitrogens with zero attached hydrogens (tertiary/aromatic N) is 2. The molecule has 0 N–H and O–H groups in total. The van der Waals surface area contributed by atoms with Crippen LogP contribution in [0.2, 0.25) is 0 Å². The summed E-state index contributed by atoms with van der Waals surface area (Å²) >= 11 is 5.03. The number of benzene rings is 3. The average molecular weight is 513 g/mol. The van der Waals surface area contributed by atoms with Gasteiger partial charge in [0, 0.05) is 10.0 Å². The molecule has 0 bridgehead atoms.